The van der Waals surface area contributed by atoms with Crippen molar-refractivity contribution < 1.29 is 24.0 Å². The second-order valence-electron chi connectivity index (χ2n) is 4.04. The average Bonchev–Trinajstić information content (AvgIpc) is 2.46. The van der Waals surface area contributed by atoms with E-state index in [1.165, 1.54) is 24.3 Å². The van der Waals surface area contributed by atoms with E-state index >= 15 is 0 Å². The van der Waals surface area contributed by atoms with E-state index in [1.807, 2.05) is 6.92 Å². The second-order valence-corrected chi connectivity index (χ2v) is 4.04. The van der Waals surface area contributed by atoms with Crippen molar-refractivity contribution in [3.8, 4) is 5.75 Å². The predicted octanol–water partition coefficient (Wildman–Crippen LogP) is 2.03. The van der Waals surface area contributed by atoms with Gasteiger partial charge in [-0.1, -0.05) is 25.5 Å². The molecule has 21 heavy (non-hydrogen) atoms. The molecule has 0 atom stereocenters. The molecular formula is C13H16N2O6. The van der Waals surface area contributed by atoms with Crippen LogP contribution in [0.25, 0.3) is 0 Å². The molecule has 1 aromatic carbocycles. The molecule has 0 radical (unpaired) electrons. The summed E-state index contributed by atoms with van der Waals surface area (Å²) < 4.78 is 9.61. The lowest BCUT2D eigenvalue weighted by Gasteiger charge is -2.07. The highest BCUT2D eigenvalue weighted by Crippen LogP contribution is 2.25. The molecule has 0 aliphatic heterocycles. The smallest absolute Gasteiger partial charge is 0.407 e. The molecule has 0 aliphatic carbocycles. The Morgan fingerprint density at radius 3 is 2.71 bits per heavy atom. The number of rotatable bonds is 7. The maximum Gasteiger partial charge on any atom is 0.407 e. The molecule has 1 aromatic rings. The molecule has 0 saturated carbocycles. The van der Waals surface area contributed by atoms with Crippen molar-refractivity contribution in [2.24, 2.45) is 0 Å². The predicted molar refractivity (Wildman–Crippen MR) is 73.0 cm³/mol. The Morgan fingerprint density at radius 1 is 1.33 bits per heavy atom. The summed E-state index contributed by atoms with van der Waals surface area (Å²) in [5, 5.41) is 12.9. The Kier molecular flexibility index (Phi) is 6.66. The van der Waals surface area contributed by atoms with Gasteiger partial charge in [-0.2, -0.15) is 0 Å². The van der Waals surface area contributed by atoms with Crippen molar-refractivity contribution in [3.63, 3.8) is 0 Å². The van der Waals surface area contributed by atoms with Crippen LogP contribution in [0.4, 0.5) is 10.5 Å². The monoisotopic (exact) mass is 296 g/mol. The summed E-state index contributed by atoms with van der Waals surface area (Å²) in [6.07, 6.45) is 0.879. The maximum absolute atomic E-state index is 11.5. The fourth-order valence-corrected chi connectivity index (χ4v) is 1.36. The Balaban J connectivity index is 2.44. The molecule has 0 saturated heterocycles. The van der Waals surface area contributed by atoms with Crippen LogP contribution in [-0.2, 0) is 9.53 Å². The number of carbonyl (C=O) groups excluding carboxylic acids is 2. The van der Waals surface area contributed by atoms with E-state index in [0.29, 0.717) is 0 Å². The van der Waals surface area contributed by atoms with Gasteiger partial charge in [0.05, 0.1) is 11.5 Å². The highest BCUT2D eigenvalue weighted by molar-refractivity contribution is 5.80. The van der Waals surface area contributed by atoms with Crippen LogP contribution in [-0.4, -0.2) is 30.1 Å². The maximum atomic E-state index is 11.5. The van der Waals surface area contributed by atoms with E-state index in [1.54, 1.807) is 0 Å². The summed E-state index contributed by atoms with van der Waals surface area (Å²) in [5.74, 6) is -0.995. The van der Waals surface area contributed by atoms with Crippen LogP contribution in [0.3, 0.4) is 0 Å². The number of amides is 1. The summed E-state index contributed by atoms with van der Waals surface area (Å²) in [5.41, 5.74) is -0.323. The number of hydrogen-bond acceptors (Lipinski definition) is 6. The second kappa shape index (κ2) is 8.51. The summed E-state index contributed by atoms with van der Waals surface area (Å²) >= 11 is 0. The zero-order chi connectivity index (χ0) is 15.7. The number of benzene rings is 1. The summed E-state index contributed by atoms with van der Waals surface area (Å²) in [4.78, 5) is 32.8. The highest BCUT2D eigenvalue weighted by Gasteiger charge is 2.17. The van der Waals surface area contributed by atoms with Crippen LogP contribution in [0.1, 0.15) is 19.8 Å². The zero-order valence-corrected chi connectivity index (χ0v) is 11.5. The van der Waals surface area contributed by atoms with E-state index in [9.17, 15) is 19.7 Å². The molecule has 0 aromatic heterocycles. The molecular weight excluding hydrogens is 280 g/mol. The Labute approximate surface area is 121 Å². The van der Waals surface area contributed by atoms with Crippen molar-refractivity contribution >= 4 is 17.7 Å². The number of alkyl carbamates (subject to hydrolysis) is 1. The van der Waals surface area contributed by atoms with E-state index < -0.39 is 23.5 Å². The summed E-state index contributed by atoms with van der Waals surface area (Å²) in [6.45, 7) is 1.78. The number of nitrogens with one attached hydrogen (secondary N) is 1. The van der Waals surface area contributed by atoms with Gasteiger partial charge < -0.3 is 14.8 Å². The number of ether oxygens (including phenoxy) is 2. The first kappa shape index (κ1) is 16.4. The van der Waals surface area contributed by atoms with Gasteiger partial charge in [0.1, 0.15) is 6.54 Å². The number of nitro groups is 1. The standard InChI is InChI=1S/C13H16N2O6/c1-2-3-8-20-13(17)14-9-12(16)21-11-7-5-4-6-10(11)15(18)19/h4-7H,2-3,8-9H2,1H3,(H,14,17). The number of unbranched alkanes of at least 4 members (excludes halogenated alkanes) is 1. The van der Waals surface area contributed by atoms with Gasteiger partial charge in [0.15, 0.2) is 0 Å². The normalized spacial score (nSPS) is 9.76. The lowest BCUT2D eigenvalue weighted by molar-refractivity contribution is -0.385. The molecule has 114 valence electrons. The number of para-hydroxylation sites is 2. The van der Waals surface area contributed by atoms with E-state index in [0.717, 1.165) is 12.8 Å². The van der Waals surface area contributed by atoms with Gasteiger partial charge in [-0.05, 0) is 12.5 Å². The third-order valence-electron chi connectivity index (χ3n) is 2.39. The highest BCUT2D eigenvalue weighted by atomic mass is 16.6. The van der Waals surface area contributed by atoms with E-state index in [-0.39, 0.29) is 18.0 Å². The lowest BCUT2D eigenvalue weighted by Crippen LogP contribution is -2.32. The van der Waals surface area contributed by atoms with Crippen LogP contribution in [0, 0.1) is 10.1 Å². The van der Waals surface area contributed by atoms with Crippen molar-refractivity contribution in [2.75, 3.05) is 13.2 Å². The first-order valence-electron chi connectivity index (χ1n) is 6.39. The van der Waals surface area contributed by atoms with Crippen molar-refractivity contribution in [2.45, 2.75) is 19.8 Å². The van der Waals surface area contributed by atoms with Crippen LogP contribution >= 0.6 is 0 Å². The van der Waals surface area contributed by atoms with Crippen LogP contribution in [0.2, 0.25) is 0 Å². The number of esters is 1. The minimum absolute atomic E-state index is 0.173. The third kappa shape index (κ3) is 5.89. The minimum atomic E-state index is -0.822. The molecule has 8 nitrogen and oxygen atoms in total. The molecule has 0 unspecified atom stereocenters. The van der Waals surface area contributed by atoms with Gasteiger partial charge in [-0.25, -0.2) is 9.59 Å². The topological polar surface area (TPSA) is 108 Å². The van der Waals surface area contributed by atoms with Crippen LogP contribution < -0.4 is 10.1 Å². The molecule has 0 heterocycles. The fourth-order valence-electron chi connectivity index (χ4n) is 1.36. The van der Waals surface area contributed by atoms with Crippen LogP contribution in [0.5, 0.6) is 5.75 Å². The van der Waals surface area contributed by atoms with Gasteiger partial charge in [-0.15, -0.1) is 0 Å². The molecule has 8 heteroatoms. The number of nitrogens with zero attached hydrogens (tertiary/aromatic N) is 1. The third-order valence-corrected chi connectivity index (χ3v) is 2.39. The summed E-state index contributed by atoms with van der Waals surface area (Å²) in [6, 6.07) is 5.48. The number of nitro benzene ring substituents is 1. The molecule has 1 rings (SSSR count). The van der Waals surface area contributed by atoms with Crippen molar-refractivity contribution in [1.82, 2.24) is 5.32 Å². The fraction of sp³-hybridized carbons (Fsp3) is 0.385. The number of hydrogen-bond donors (Lipinski definition) is 1. The molecule has 0 aliphatic rings. The molecule has 0 bridgehead atoms. The zero-order valence-electron chi connectivity index (χ0n) is 11.5. The van der Waals surface area contributed by atoms with Gasteiger partial charge >= 0.3 is 17.7 Å². The van der Waals surface area contributed by atoms with Gasteiger partial charge in [0.25, 0.3) is 0 Å². The Morgan fingerprint density at radius 2 is 2.05 bits per heavy atom. The van der Waals surface area contributed by atoms with Crippen molar-refractivity contribution in [3.05, 3.63) is 34.4 Å². The van der Waals surface area contributed by atoms with E-state index in [4.69, 9.17) is 9.47 Å². The minimum Gasteiger partial charge on any atom is -0.450 e. The summed E-state index contributed by atoms with van der Waals surface area (Å²) in [7, 11) is 0. The van der Waals surface area contributed by atoms with Gasteiger partial charge in [-0.3, -0.25) is 10.1 Å². The van der Waals surface area contributed by atoms with Gasteiger partial charge in [0.2, 0.25) is 5.75 Å². The SMILES string of the molecule is CCCCOC(=O)NCC(=O)Oc1ccccc1[N+](=O)[O-]. The molecule has 1 amide bonds. The Hall–Kier alpha value is -2.64. The first-order valence-corrected chi connectivity index (χ1v) is 6.39. The Bertz CT molecular complexity index is 517. The molecule has 0 fully saturated rings. The first-order chi connectivity index (χ1) is 10.0. The van der Waals surface area contributed by atoms with Crippen molar-refractivity contribution in [1.29, 1.82) is 0 Å². The largest absolute Gasteiger partial charge is 0.450 e. The average molecular weight is 296 g/mol. The van der Waals surface area contributed by atoms with Gasteiger partial charge in [0, 0.05) is 6.07 Å². The van der Waals surface area contributed by atoms with Crippen LogP contribution in [0.15, 0.2) is 24.3 Å². The molecule has 0 spiro atoms. The quantitative estimate of drug-likeness (QED) is 0.271. The lowest BCUT2D eigenvalue weighted by atomic mass is 10.3. The number of carbonyl (C=O) groups is 2. The van der Waals surface area contributed by atoms with E-state index in [2.05, 4.69) is 5.32 Å². The molecule has 1 N–H and O–H groups in total.